The number of nitrogens with one attached hydrogen (secondary N) is 2. The first-order valence-electron chi connectivity index (χ1n) is 8.11. The van der Waals surface area contributed by atoms with Gasteiger partial charge < -0.3 is 10.6 Å². The van der Waals surface area contributed by atoms with Gasteiger partial charge in [-0.2, -0.15) is 0 Å². The van der Waals surface area contributed by atoms with E-state index in [0.717, 1.165) is 25.9 Å². The summed E-state index contributed by atoms with van der Waals surface area (Å²) in [4.78, 5) is 25.6. The minimum absolute atomic E-state index is 0.0779. The van der Waals surface area contributed by atoms with Crippen LogP contribution in [0.1, 0.15) is 36.0 Å². The molecule has 7 heteroatoms. The van der Waals surface area contributed by atoms with E-state index in [-0.39, 0.29) is 17.6 Å². The number of amides is 1. The summed E-state index contributed by atoms with van der Waals surface area (Å²) in [6, 6.07) is 5.11. The van der Waals surface area contributed by atoms with Crippen LogP contribution < -0.4 is 10.6 Å². The second-order valence-electron chi connectivity index (χ2n) is 6.21. The predicted octanol–water partition coefficient (Wildman–Crippen LogP) is 1.99. The molecule has 1 aromatic carbocycles. The SMILES string of the molecule is CNc1ccc(C(=O)N[C@H]2CCN3CCCC[C@@H]23)cc1[N+](=O)[O-]. The molecule has 2 aliphatic heterocycles. The van der Waals surface area contributed by atoms with Crippen LogP contribution in [0.15, 0.2) is 18.2 Å². The average molecular weight is 318 g/mol. The zero-order chi connectivity index (χ0) is 16.4. The minimum atomic E-state index is -0.471. The summed E-state index contributed by atoms with van der Waals surface area (Å²) in [6.07, 6.45) is 4.50. The second-order valence-corrected chi connectivity index (χ2v) is 6.21. The van der Waals surface area contributed by atoms with Crippen molar-refractivity contribution in [2.75, 3.05) is 25.5 Å². The number of nitrogens with zero attached hydrogens (tertiary/aromatic N) is 2. The summed E-state index contributed by atoms with van der Waals surface area (Å²) in [5.41, 5.74) is 0.668. The van der Waals surface area contributed by atoms with Crippen molar-refractivity contribution < 1.29 is 9.72 Å². The number of anilines is 1. The molecule has 3 rings (SSSR count). The van der Waals surface area contributed by atoms with Crippen molar-refractivity contribution >= 4 is 17.3 Å². The van der Waals surface area contributed by atoms with Crippen LogP contribution in [0.4, 0.5) is 11.4 Å². The molecule has 0 radical (unpaired) electrons. The molecular weight excluding hydrogens is 296 g/mol. The minimum Gasteiger partial charge on any atom is -0.383 e. The van der Waals surface area contributed by atoms with E-state index in [1.807, 2.05) is 0 Å². The van der Waals surface area contributed by atoms with Crippen molar-refractivity contribution in [1.82, 2.24) is 10.2 Å². The third-order valence-corrected chi connectivity index (χ3v) is 4.90. The summed E-state index contributed by atoms with van der Waals surface area (Å²) in [5.74, 6) is -0.229. The Hall–Kier alpha value is -2.15. The molecule has 2 N–H and O–H groups in total. The summed E-state index contributed by atoms with van der Waals surface area (Å²) in [6.45, 7) is 2.13. The lowest BCUT2D eigenvalue weighted by Gasteiger charge is -2.32. The molecule has 2 aliphatic rings. The summed E-state index contributed by atoms with van der Waals surface area (Å²) in [5, 5.41) is 17.0. The molecule has 1 amide bonds. The zero-order valence-electron chi connectivity index (χ0n) is 13.2. The van der Waals surface area contributed by atoms with Gasteiger partial charge in [-0.05, 0) is 37.9 Å². The van der Waals surface area contributed by atoms with E-state index in [9.17, 15) is 14.9 Å². The highest BCUT2D eigenvalue weighted by molar-refractivity contribution is 5.96. The number of nitro benzene ring substituents is 1. The van der Waals surface area contributed by atoms with Crippen molar-refractivity contribution in [3.05, 3.63) is 33.9 Å². The maximum absolute atomic E-state index is 12.5. The molecule has 0 saturated carbocycles. The standard InChI is InChI=1S/C16H22N4O3/c1-17-12-6-5-11(10-15(12)20(22)23)16(21)18-13-7-9-19-8-3-2-4-14(13)19/h5-6,10,13-14,17H,2-4,7-9H2,1H3,(H,18,21)/t13-,14-/m0/s1. The van der Waals surface area contributed by atoms with Gasteiger partial charge in [-0.1, -0.05) is 6.42 Å². The van der Waals surface area contributed by atoms with Gasteiger partial charge in [0.15, 0.2) is 0 Å². The van der Waals surface area contributed by atoms with Gasteiger partial charge in [-0.25, -0.2) is 0 Å². The smallest absolute Gasteiger partial charge is 0.293 e. The van der Waals surface area contributed by atoms with Crippen LogP contribution in [0.2, 0.25) is 0 Å². The topological polar surface area (TPSA) is 87.5 Å². The second kappa shape index (κ2) is 6.54. The third-order valence-electron chi connectivity index (χ3n) is 4.90. The van der Waals surface area contributed by atoms with Crippen LogP contribution in [0.3, 0.4) is 0 Å². The summed E-state index contributed by atoms with van der Waals surface area (Å²) in [7, 11) is 1.62. The van der Waals surface area contributed by atoms with Gasteiger partial charge in [-0.3, -0.25) is 19.8 Å². The monoisotopic (exact) mass is 318 g/mol. The Morgan fingerprint density at radius 3 is 2.87 bits per heavy atom. The van der Waals surface area contributed by atoms with E-state index in [2.05, 4.69) is 15.5 Å². The van der Waals surface area contributed by atoms with Gasteiger partial charge in [0.05, 0.1) is 4.92 Å². The quantitative estimate of drug-likeness (QED) is 0.655. The number of rotatable bonds is 4. The molecule has 0 spiro atoms. The Labute approximate surface area is 135 Å². The fourth-order valence-corrected chi connectivity index (χ4v) is 3.70. The third kappa shape index (κ3) is 3.14. The van der Waals surface area contributed by atoms with E-state index in [1.165, 1.54) is 18.9 Å². The number of hydrogen-bond donors (Lipinski definition) is 2. The maximum Gasteiger partial charge on any atom is 0.293 e. The van der Waals surface area contributed by atoms with Crippen LogP contribution in [0, 0.1) is 10.1 Å². The Morgan fingerprint density at radius 1 is 1.30 bits per heavy atom. The van der Waals surface area contributed by atoms with Crippen LogP contribution >= 0.6 is 0 Å². The van der Waals surface area contributed by atoms with Gasteiger partial charge in [0.1, 0.15) is 5.69 Å². The molecule has 1 aromatic rings. The van der Waals surface area contributed by atoms with E-state index >= 15 is 0 Å². The van der Waals surface area contributed by atoms with Crippen molar-refractivity contribution in [3.63, 3.8) is 0 Å². The molecular formula is C16H22N4O3. The van der Waals surface area contributed by atoms with Crippen molar-refractivity contribution in [2.45, 2.75) is 37.8 Å². The molecule has 23 heavy (non-hydrogen) atoms. The summed E-state index contributed by atoms with van der Waals surface area (Å²) >= 11 is 0. The molecule has 0 unspecified atom stereocenters. The fraction of sp³-hybridized carbons (Fsp3) is 0.562. The van der Waals surface area contributed by atoms with Crippen LogP contribution in [-0.4, -0.2) is 48.0 Å². The number of fused-ring (bicyclic) bond motifs is 1. The Bertz CT molecular complexity index is 619. The highest BCUT2D eigenvalue weighted by Gasteiger charge is 2.36. The highest BCUT2D eigenvalue weighted by atomic mass is 16.6. The number of piperidine rings is 1. The first kappa shape index (κ1) is 15.7. The molecule has 124 valence electrons. The number of nitro groups is 1. The normalized spacial score (nSPS) is 24.0. The molecule has 2 heterocycles. The molecule has 2 fully saturated rings. The summed E-state index contributed by atoms with van der Waals surface area (Å²) < 4.78 is 0. The Kier molecular flexibility index (Phi) is 4.47. The maximum atomic E-state index is 12.5. The van der Waals surface area contributed by atoms with E-state index in [1.54, 1.807) is 19.2 Å². The van der Waals surface area contributed by atoms with Gasteiger partial charge in [0, 0.05) is 37.3 Å². The number of benzene rings is 1. The molecule has 0 aliphatic carbocycles. The number of hydrogen-bond acceptors (Lipinski definition) is 5. The molecule has 2 atom stereocenters. The Morgan fingerprint density at radius 2 is 2.13 bits per heavy atom. The van der Waals surface area contributed by atoms with Gasteiger partial charge in [-0.15, -0.1) is 0 Å². The van der Waals surface area contributed by atoms with Crippen molar-refractivity contribution in [1.29, 1.82) is 0 Å². The van der Waals surface area contributed by atoms with Gasteiger partial charge in [0.2, 0.25) is 0 Å². The Balaban J connectivity index is 1.73. The van der Waals surface area contributed by atoms with Crippen LogP contribution in [0.25, 0.3) is 0 Å². The molecule has 7 nitrogen and oxygen atoms in total. The highest BCUT2D eigenvalue weighted by Crippen LogP contribution is 2.28. The fourth-order valence-electron chi connectivity index (χ4n) is 3.70. The lowest BCUT2D eigenvalue weighted by Crippen LogP contribution is -2.46. The van der Waals surface area contributed by atoms with E-state index in [4.69, 9.17) is 0 Å². The first-order valence-corrected chi connectivity index (χ1v) is 8.11. The van der Waals surface area contributed by atoms with Crippen LogP contribution in [0.5, 0.6) is 0 Å². The average Bonchev–Trinajstić information content (AvgIpc) is 2.97. The number of carbonyl (C=O) groups is 1. The molecule has 0 bridgehead atoms. The van der Waals surface area contributed by atoms with Gasteiger partial charge >= 0.3 is 0 Å². The lowest BCUT2D eigenvalue weighted by atomic mass is 9.98. The molecule has 2 saturated heterocycles. The largest absolute Gasteiger partial charge is 0.383 e. The zero-order valence-corrected chi connectivity index (χ0v) is 13.2. The predicted molar refractivity (Wildman–Crippen MR) is 87.7 cm³/mol. The van der Waals surface area contributed by atoms with E-state index in [0.29, 0.717) is 17.3 Å². The number of carbonyl (C=O) groups excluding carboxylic acids is 1. The van der Waals surface area contributed by atoms with Gasteiger partial charge in [0.25, 0.3) is 11.6 Å². The van der Waals surface area contributed by atoms with Crippen molar-refractivity contribution in [2.24, 2.45) is 0 Å². The van der Waals surface area contributed by atoms with Crippen molar-refractivity contribution in [3.8, 4) is 0 Å². The van der Waals surface area contributed by atoms with Crippen LogP contribution in [-0.2, 0) is 0 Å². The molecule has 0 aromatic heterocycles. The first-order chi connectivity index (χ1) is 11.1. The lowest BCUT2D eigenvalue weighted by molar-refractivity contribution is -0.384. The van der Waals surface area contributed by atoms with E-state index < -0.39 is 4.92 Å².